The highest BCUT2D eigenvalue weighted by Gasteiger charge is 2.31. The van der Waals surface area contributed by atoms with E-state index < -0.39 is 0 Å². The molecule has 6 heteroatoms. The van der Waals surface area contributed by atoms with Gasteiger partial charge in [-0.1, -0.05) is 0 Å². The van der Waals surface area contributed by atoms with Crippen molar-refractivity contribution in [2.75, 3.05) is 44.4 Å². The Morgan fingerprint density at radius 3 is 2.71 bits per heavy atom. The fourth-order valence-electron chi connectivity index (χ4n) is 2.67. The zero-order valence-electron chi connectivity index (χ0n) is 13.1. The van der Waals surface area contributed by atoms with Gasteiger partial charge in [0, 0.05) is 55.9 Å². The first-order chi connectivity index (χ1) is 10.2. The molecule has 21 heavy (non-hydrogen) atoms. The summed E-state index contributed by atoms with van der Waals surface area (Å²) in [6.07, 6.45) is 3.83. The lowest BCUT2D eigenvalue weighted by molar-refractivity contribution is -0.0153. The molecule has 5 nitrogen and oxygen atoms in total. The molecule has 1 aliphatic heterocycles. The summed E-state index contributed by atoms with van der Waals surface area (Å²) >= 11 is 1.75. The van der Waals surface area contributed by atoms with Crippen LogP contribution in [-0.2, 0) is 11.3 Å². The molecular formula is C15H27N3O2S. The summed E-state index contributed by atoms with van der Waals surface area (Å²) in [6.45, 7) is 9.69. The average molecular weight is 313 g/mol. The molecule has 0 radical (unpaired) electrons. The van der Waals surface area contributed by atoms with Crippen molar-refractivity contribution in [2.24, 2.45) is 5.41 Å². The van der Waals surface area contributed by atoms with Crippen LogP contribution >= 0.6 is 11.3 Å². The van der Waals surface area contributed by atoms with Crippen LogP contribution in [0.15, 0.2) is 6.20 Å². The monoisotopic (exact) mass is 313 g/mol. The van der Waals surface area contributed by atoms with Crippen LogP contribution < -0.4 is 10.2 Å². The smallest absolute Gasteiger partial charge is 0.185 e. The minimum Gasteiger partial charge on any atom is -0.396 e. The maximum absolute atomic E-state index is 9.67. The van der Waals surface area contributed by atoms with Gasteiger partial charge in [-0.25, -0.2) is 4.98 Å². The molecule has 0 saturated carbocycles. The van der Waals surface area contributed by atoms with Crippen molar-refractivity contribution in [1.29, 1.82) is 0 Å². The van der Waals surface area contributed by atoms with E-state index in [1.165, 1.54) is 4.88 Å². The maximum atomic E-state index is 9.67. The van der Waals surface area contributed by atoms with Gasteiger partial charge in [-0.2, -0.15) is 0 Å². The lowest BCUT2D eigenvalue weighted by atomic mass is 9.81. The Balaban J connectivity index is 1.83. The number of aromatic nitrogens is 1. The molecule has 2 N–H and O–H groups in total. The van der Waals surface area contributed by atoms with Gasteiger partial charge < -0.3 is 20.1 Å². The van der Waals surface area contributed by atoms with E-state index in [0.29, 0.717) is 0 Å². The van der Waals surface area contributed by atoms with Gasteiger partial charge in [0.1, 0.15) is 0 Å². The van der Waals surface area contributed by atoms with Crippen molar-refractivity contribution in [2.45, 2.75) is 33.2 Å². The second kappa shape index (κ2) is 8.08. The minimum atomic E-state index is -0.00929. The zero-order chi connectivity index (χ0) is 15.1. The van der Waals surface area contributed by atoms with E-state index in [1.807, 2.05) is 6.20 Å². The van der Waals surface area contributed by atoms with Crippen LogP contribution in [0.1, 0.15) is 31.6 Å². The standard InChI is InChI=1S/C15H27N3O2S/c1-3-18(4-2)14-17-10-13(21-14)9-16-11-15(12-19)5-7-20-8-6-15/h10,16,19H,3-9,11-12H2,1-2H3. The van der Waals surface area contributed by atoms with Crippen molar-refractivity contribution in [3.05, 3.63) is 11.1 Å². The fourth-order valence-corrected chi connectivity index (χ4v) is 3.67. The highest BCUT2D eigenvalue weighted by Crippen LogP contribution is 2.29. The van der Waals surface area contributed by atoms with Gasteiger partial charge in [-0.15, -0.1) is 11.3 Å². The van der Waals surface area contributed by atoms with E-state index in [4.69, 9.17) is 4.74 Å². The lowest BCUT2D eigenvalue weighted by Crippen LogP contribution is -2.41. The number of anilines is 1. The van der Waals surface area contributed by atoms with Gasteiger partial charge in [0.25, 0.3) is 0 Å². The van der Waals surface area contributed by atoms with E-state index in [2.05, 4.69) is 29.0 Å². The van der Waals surface area contributed by atoms with Crippen molar-refractivity contribution >= 4 is 16.5 Å². The second-order valence-corrected chi connectivity index (χ2v) is 6.75. The van der Waals surface area contributed by atoms with E-state index in [-0.39, 0.29) is 12.0 Å². The predicted octanol–water partition coefficient (Wildman–Crippen LogP) is 1.87. The molecule has 120 valence electrons. The molecule has 0 atom stereocenters. The van der Waals surface area contributed by atoms with Crippen molar-refractivity contribution in [3.8, 4) is 0 Å². The molecule has 1 fully saturated rings. The number of rotatable bonds is 8. The minimum absolute atomic E-state index is 0.00929. The molecule has 2 rings (SSSR count). The van der Waals surface area contributed by atoms with Crippen LogP contribution in [0.3, 0.4) is 0 Å². The first-order valence-electron chi connectivity index (χ1n) is 7.82. The summed E-state index contributed by atoms with van der Waals surface area (Å²) in [7, 11) is 0. The number of aliphatic hydroxyl groups excluding tert-OH is 1. The van der Waals surface area contributed by atoms with Crippen LogP contribution in [0.4, 0.5) is 5.13 Å². The lowest BCUT2D eigenvalue weighted by Gasteiger charge is -2.35. The largest absolute Gasteiger partial charge is 0.396 e. The number of nitrogens with zero attached hydrogens (tertiary/aromatic N) is 2. The highest BCUT2D eigenvalue weighted by atomic mass is 32.1. The average Bonchev–Trinajstić information content (AvgIpc) is 2.98. The van der Waals surface area contributed by atoms with Gasteiger partial charge in [-0.05, 0) is 26.7 Å². The summed E-state index contributed by atoms with van der Waals surface area (Å²) in [4.78, 5) is 8.01. The Morgan fingerprint density at radius 2 is 2.10 bits per heavy atom. The van der Waals surface area contributed by atoms with E-state index in [9.17, 15) is 5.11 Å². The number of thiazole rings is 1. The Hall–Kier alpha value is -0.690. The summed E-state index contributed by atoms with van der Waals surface area (Å²) < 4.78 is 5.39. The highest BCUT2D eigenvalue weighted by molar-refractivity contribution is 7.15. The van der Waals surface area contributed by atoms with Crippen LogP contribution in [0, 0.1) is 5.41 Å². The number of nitrogens with one attached hydrogen (secondary N) is 1. The Morgan fingerprint density at radius 1 is 1.38 bits per heavy atom. The summed E-state index contributed by atoms with van der Waals surface area (Å²) in [5, 5.41) is 14.3. The van der Waals surface area contributed by atoms with Gasteiger partial charge in [-0.3, -0.25) is 0 Å². The topological polar surface area (TPSA) is 57.6 Å². The van der Waals surface area contributed by atoms with Gasteiger partial charge >= 0.3 is 0 Å². The quantitative estimate of drug-likeness (QED) is 0.767. The zero-order valence-corrected chi connectivity index (χ0v) is 13.9. The normalized spacial score (nSPS) is 17.9. The van der Waals surface area contributed by atoms with E-state index in [1.54, 1.807) is 11.3 Å². The van der Waals surface area contributed by atoms with Crippen LogP contribution in [0.25, 0.3) is 0 Å². The van der Waals surface area contributed by atoms with Crippen LogP contribution in [0.5, 0.6) is 0 Å². The summed E-state index contributed by atoms with van der Waals surface area (Å²) in [5.74, 6) is 0. The summed E-state index contributed by atoms with van der Waals surface area (Å²) in [5.41, 5.74) is -0.00929. The first-order valence-corrected chi connectivity index (χ1v) is 8.63. The first kappa shape index (κ1) is 16.7. The fraction of sp³-hybridized carbons (Fsp3) is 0.800. The summed E-state index contributed by atoms with van der Waals surface area (Å²) in [6, 6.07) is 0. The molecular weight excluding hydrogens is 286 g/mol. The Kier molecular flexibility index (Phi) is 6.41. The SMILES string of the molecule is CCN(CC)c1ncc(CNCC2(CO)CCOCC2)s1. The number of hydrogen-bond acceptors (Lipinski definition) is 6. The van der Waals surface area contributed by atoms with Gasteiger partial charge in [0.05, 0.1) is 6.61 Å². The van der Waals surface area contributed by atoms with Crippen LogP contribution in [0.2, 0.25) is 0 Å². The van der Waals surface area contributed by atoms with Crippen molar-refractivity contribution in [3.63, 3.8) is 0 Å². The number of aliphatic hydroxyl groups is 1. The molecule has 1 aliphatic rings. The third-order valence-electron chi connectivity index (χ3n) is 4.26. The Bertz CT molecular complexity index is 415. The molecule has 0 spiro atoms. The number of hydrogen-bond donors (Lipinski definition) is 2. The molecule has 0 amide bonds. The third kappa shape index (κ3) is 4.39. The predicted molar refractivity (Wildman–Crippen MR) is 87.0 cm³/mol. The van der Waals surface area contributed by atoms with Crippen molar-refractivity contribution < 1.29 is 9.84 Å². The van der Waals surface area contributed by atoms with Gasteiger partial charge in [0.2, 0.25) is 0 Å². The molecule has 1 aromatic heterocycles. The molecule has 1 aromatic rings. The van der Waals surface area contributed by atoms with Gasteiger partial charge in [0.15, 0.2) is 5.13 Å². The van der Waals surface area contributed by atoms with E-state index >= 15 is 0 Å². The third-order valence-corrected chi connectivity index (χ3v) is 5.32. The maximum Gasteiger partial charge on any atom is 0.185 e. The van der Waals surface area contributed by atoms with Crippen molar-refractivity contribution in [1.82, 2.24) is 10.3 Å². The molecule has 0 bridgehead atoms. The Labute approximate surface area is 131 Å². The molecule has 0 aliphatic carbocycles. The van der Waals surface area contributed by atoms with Crippen LogP contribution in [-0.4, -0.2) is 49.5 Å². The molecule has 0 aromatic carbocycles. The molecule has 2 heterocycles. The molecule has 0 unspecified atom stereocenters. The second-order valence-electron chi connectivity index (χ2n) is 5.66. The number of ether oxygens (including phenoxy) is 1. The van der Waals surface area contributed by atoms with E-state index in [0.717, 1.165) is 57.4 Å². The molecule has 1 saturated heterocycles.